The lowest BCUT2D eigenvalue weighted by Crippen LogP contribution is -2.56. The van der Waals surface area contributed by atoms with E-state index in [2.05, 4.69) is 45.5 Å². The minimum absolute atomic E-state index is 0.0710. The minimum Gasteiger partial charge on any atom is -0.361 e. The van der Waals surface area contributed by atoms with Gasteiger partial charge in [-0.1, -0.05) is 24.8 Å². The molecule has 2 heterocycles. The van der Waals surface area contributed by atoms with E-state index in [-0.39, 0.29) is 23.8 Å². The lowest BCUT2D eigenvalue weighted by molar-refractivity contribution is -0.135. The first-order chi connectivity index (χ1) is 15.9. The molecule has 1 aromatic rings. The highest BCUT2D eigenvalue weighted by Crippen LogP contribution is 2.33. The average Bonchev–Trinajstić information content (AvgIpc) is 3.17. The van der Waals surface area contributed by atoms with Crippen molar-refractivity contribution in [3.63, 3.8) is 0 Å². The predicted molar refractivity (Wildman–Crippen MR) is 134 cm³/mol. The normalized spacial score (nSPS) is 22.8. The summed E-state index contributed by atoms with van der Waals surface area (Å²) in [6.07, 6.45) is 12.5. The lowest BCUT2D eigenvalue weighted by atomic mass is 9.77. The minimum atomic E-state index is -0.290. The molecule has 1 aliphatic heterocycles. The van der Waals surface area contributed by atoms with Crippen LogP contribution in [0.5, 0.6) is 0 Å². The number of hydrogen-bond acceptors (Lipinski definition) is 4. The second-order valence-electron chi connectivity index (χ2n) is 9.30. The molecule has 0 bridgehead atoms. The van der Waals surface area contributed by atoms with Crippen LogP contribution in [0.4, 0.5) is 4.79 Å². The van der Waals surface area contributed by atoms with E-state index in [1.807, 2.05) is 33.2 Å². The highest BCUT2D eigenvalue weighted by Gasteiger charge is 2.41. The Bertz CT molecular complexity index is 979. The van der Waals surface area contributed by atoms with Gasteiger partial charge in [-0.05, 0) is 69.6 Å². The van der Waals surface area contributed by atoms with Gasteiger partial charge in [0.1, 0.15) is 0 Å². The number of nitrogens with zero attached hydrogens (tertiary/aromatic N) is 3. The van der Waals surface area contributed by atoms with Gasteiger partial charge in [0.2, 0.25) is 5.91 Å². The van der Waals surface area contributed by atoms with E-state index in [9.17, 15) is 9.59 Å². The van der Waals surface area contributed by atoms with E-state index in [4.69, 9.17) is 0 Å². The Hall–Kier alpha value is -2.64. The van der Waals surface area contributed by atoms with Crippen LogP contribution in [0.25, 0.3) is 12.2 Å². The topological polar surface area (TPSA) is 71.7 Å². The van der Waals surface area contributed by atoms with Crippen LogP contribution in [-0.4, -0.2) is 84.5 Å². The van der Waals surface area contributed by atoms with Gasteiger partial charge in [0.25, 0.3) is 0 Å². The Labute approximate surface area is 197 Å². The summed E-state index contributed by atoms with van der Waals surface area (Å²) >= 11 is 0. The maximum Gasteiger partial charge on any atom is 0.324 e. The molecule has 1 aliphatic carbocycles. The first-order valence-electron chi connectivity index (χ1n) is 12.0. The molecule has 2 N–H and O–H groups in total. The Morgan fingerprint density at radius 1 is 1.30 bits per heavy atom. The number of fused-ring (bicyclic) bond motifs is 2. The molecule has 2 aliphatic rings. The van der Waals surface area contributed by atoms with Crippen molar-refractivity contribution in [1.82, 2.24) is 25.0 Å². The molecule has 3 amide bonds. The number of allylic oxidation sites excluding steroid dienone is 1. The van der Waals surface area contributed by atoms with Gasteiger partial charge in [-0.3, -0.25) is 14.6 Å². The number of amides is 3. The van der Waals surface area contributed by atoms with E-state index in [1.54, 1.807) is 6.08 Å². The van der Waals surface area contributed by atoms with Gasteiger partial charge in [-0.15, -0.1) is 6.58 Å². The summed E-state index contributed by atoms with van der Waals surface area (Å²) in [4.78, 5) is 35.6. The largest absolute Gasteiger partial charge is 0.361 e. The summed E-state index contributed by atoms with van der Waals surface area (Å²) < 4.78 is 0. The zero-order valence-corrected chi connectivity index (χ0v) is 20.3. The van der Waals surface area contributed by atoms with Gasteiger partial charge in [0.15, 0.2) is 0 Å². The first kappa shape index (κ1) is 25.0. The second kappa shape index (κ2) is 11.5. The number of likely N-dealkylation sites (tertiary alicyclic amines) is 1. The van der Waals surface area contributed by atoms with Gasteiger partial charge >= 0.3 is 6.03 Å². The van der Waals surface area contributed by atoms with Crippen molar-refractivity contribution in [3.8, 4) is 0 Å². The quantitative estimate of drug-likeness (QED) is 0.554. The van der Waals surface area contributed by atoms with Crippen molar-refractivity contribution in [3.05, 3.63) is 47.6 Å². The van der Waals surface area contributed by atoms with Crippen molar-refractivity contribution >= 4 is 24.1 Å². The summed E-state index contributed by atoms with van der Waals surface area (Å²) in [6, 6.07) is 0.0423. The van der Waals surface area contributed by atoms with Crippen molar-refractivity contribution < 1.29 is 9.59 Å². The highest BCUT2D eigenvalue weighted by molar-refractivity contribution is 5.95. The molecule has 7 heteroatoms. The summed E-state index contributed by atoms with van der Waals surface area (Å²) in [6.45, 7) is 12.8. The fraction of sp³-hybridized carbons (Fsp3) is 0.538. The third-order valence-electron chi connectivity index (χ3n) is 6.65. The molecule has 1 fully saturated rings. The van der Waals surface area contributed by atoms with Gasteiger partial charge in [0.05, 0.1) is 5.92 Å². The lowest BCUT2D eigenvalue weighted by Gasteiger charge is -2.45. The Morgan fingerprint density at radius 3 is 2.76 bits per heavy atom. The molecule has 2 unspecified atom stereocenters. The number of carbonyl (C=O) groups excluding carboxylic acids is 2. The van der Waals surface area contributed by atoms with Crippen LogP contribution in [0.2, 0.25) is 0 Å². The van der Waals surface area contributed by atoms with E-state index >= 15 is 0 Å². The fourth-order valence-corrected chi connectivity index (χ4v) is 5.14. The van der Waals surface area contributed by atoms with Gasteiger partial charge < -0.3 is 15.2 Å². The van der Waals surface area contributed by atoms with Gasteiger partial charge in [-0.25, -0.2) is 4.79 Å². The number of piperidine rings is 1. The number of rotatable bonds is 9. The van der Waals surface area contributed by atoms with E-state index < -0.39 is 0 Å². The second-order valence-corrected chi connectivity index (χ2v) is 9.30. The number of carbonyl (C=O) groups is 2. The van der Waals surface area contributed by atoms with Crippen LogP contribution < -0.4 is 15.9 Å². The maximum atomic E-state index is 13.6. The first-order valence-corrected chi connectivity index (χ1v) is 12.0. The highest BCUT2D eigenvalue weighted by atomic mass is 16.2. The number of aromatic nitrogens is 1. The monoisotopic (exact) mass is 453 g/mol. The van der Waals surface area contributed by atoms with Crippen LogP contribution >= 0.6 is 0 Å². The molecule has 0 aromatic carbocycles. The number of nitrogens with one attached hydrogen (secondary N) is 2. The summed E-state index contributed by atoms with van der Waals surface area (Å²) in [5.74, 6) is -0.0547. The van der Waals surface area contributed by atoms with E-state index in [0.29, 0.717) is 25.7 Å². The zero-order valence-electron chi connectivity index (χ0n) is 20.3. The molecular weight excluding hydrogens is 414 g/mol. The zero-order chi connectivity index (χ0) is 24.0. The standard InChI is InChI=1S/C26H39N5O2/c1-6-10-23-22-15-19-14-21(18-30(11-7-2)24(19)16-20(22)17-28-23)25(32)31(26(33)27-8-3)13-9-12-29(4)5/h6-7,10,15,17,19,21,24,28H,1-2,8-9,11-14,16,18H2,3-5H3,(H,27,33)/b23-10+/t19?,21?,24-/m1/s1. The number of aromatic amines is 1. The Balaban J connectivity index is 1.87. The van der Waals surface area contributed by atoms with Crippen LogP contribution in [0, 0.1) is 11.8 Å². The van der Waals surface area contributed by atoms with Crippen molar-refractivity contribution in [2.45, 2.75) is 32.2 Å². The molecule has 7 nitrogen and oxygen atoms in total. The van der Waals surface area contributed by atoms with Gasteiger partial charge in [0, 0.05) is 43.8 Å². The maximum absolute atomic E-state index is 13.6. The molecule has 1 aromatic heterocycles. The Kier molecular flexibility index (Phi) is 8.69. The van der Waals surface area contributed by atoms with Crippen molar-refractivity contribution in [2.75, 3.05) is 46.8 Å². The predicted octanol–water partition coefficient (Wildman–Crippen LogP) is 1.32. The van der Waals surface area contributed by atoms with Crippen LogP contribution in [-0.2, 0) is 11.2 Å². The molecule has 1 saturated heterocycles. The third kappa shape index (κ3) is 5.84. The molecule has 3 atom stereocenters. The molecule has 33 heavy (non-hydrogen) atoms. The molecule has 0 saturated carbocycles. The molecular formula is C26H39N5O2. The van der Waals surface area contributed by atoms with Gasteiger partial charge in [-0.2, -0.15) is 0 Å². The Morgan fingerprint density at radius 2 is 2.09 bits per heavy atom. The number of imide groups is 1. The number of H-pyrrole nitrogens is 1. The van der Waals surface area contributed by atoms with Crippen LogP contribution in [0.3, 0.4) is 0 Å². The molecule has 180 valence electrons. The van der Waals surface area contributed by atoms with Crippen molar-refractivity contribution in [2.24, 2.45) is 11.8 Å². The summed E-state index contributed by atoms with van der Waals surface area (Å²) in [5.41, 5.74) is 1.30. The smallest absolute Gasteiger partial charge is 0.324 e. The molecule has 0 radical (unpaired) electrons. The van der Waals surface area contributed by atoms with E-state index in [0.717, 1.165) is 37.7 Å². The number of urea groups is 1. The van der Waals surface area contributed by atoms with Crippen molar-refractivity contribution in [1.29, 1.82) is 0 Å². The average molecular weight is 454 g/mol. The van der Waals surface area contributed by atoms with E-state index in [1.165, 1.54) is 15.7 Å². The van der Waals surface area contributed by atoms with Crippen LogP contribution in [0.15, 0.2) is 31.5 Å². The SMILES string of the molecule is C=C/C=c1/[nH]cc2c1=CC1CC(C(=O)N(CCCN(C)C)C(=O)NCC)CN(CC=C)[C@@H]1C2. The van der Waals surface area contributed by atoms with Crippen LogP contribution in [0.1, 0.15) is 25.3 Å². The summed E-state index contributed by atoms with van der Waals surface area (Å²) in [7, 11) is 4.00. The summed E-state index contributed by atoms with van der Waals surface area (Å²) in [5, 5.41) is 5.11. The molecule has 3 rings (SSSR count). The fourth-order valence-electron chi connectivity index (χ4n) is 5.14. The molecule has 0 spiro atoms. The third-order valence-corrected chi connectivity index (χ3v) is 6.65. The number of hydrogen-bond donors (Lipinski definition) is 2.